The van der Waals surface area contributed by atoms with Crippen LogP contribution in [-0.2, 0) is 26.7 Å². The summed E-state index contributed by atoms with van der Waals surface area (Å²) in [5, 5.41) is 5.30. The van der Waals surface area contributed by atoms with Gasteiger partial charge >= 0.3 is 6.09 Å². The van der Waals surface area contributed by atoms with E-state index < -0.39 is 30.0 Å². The van der Waals surface area contributed by atoms with Gasteiger partial charge in [-0.05, 0) is 23.5 Å². The van der Waals surface area contributed by atoms with Crippen molar-refractivity contribution in [1.82, 2.24) is 10.6 Å². The topological polar surface area (TPSA) is 111 Å². The van der Waals surface area contributed by atoms with E-state index in [0.717, 1.165) is 11.1 Å². The van der Waals surface area contributed by atoms with Crippen molar-refractivity contribution in [3.8, 4) is 0 Å². The van der Waals surface area contributed by atoms with Crippen LogP contribution in [0, 0.1) is 5.92 Å². The maximum atomic E-state index is 12.9. The molecule has 0 spiro atoms. The quantitative estimate of drug-likeness (QED) is 0.453. The lowest BCUT2D eigenvalue weighted by molar-refractivity contribution is -0.128. The zero-order valence-electron chi connectivity index (χ0n) is 18.5. The number of rotatable bonds is 12. The number of primary amides is 1. The van der Waals surface area contributed by atoms with Crippen molar-refractivity contribution in [1.29, 1.82) is 0 Å². The van der Waals surface area contributed by atoms with Crippen LogP contribution in [-0.4, -0.2) is 35.7 Å². The molecular formula is C24H31N3O4S. The van der Waals surface area contributed by atoms with Gasteiger partial charge in [0, 0.05) is 11.5 Å². The second kappa shape index (κ2) is 13.4. The number of thioether (sulfide) groups is 1. The van der Waals surface area contributed by atoms with Gasteiger partial charge < -0.3 is 21.1 Å². The Balaban J connectivity index is 1.98. The van der Waals surface area contributed by atoms with Crippen molar-refractivity contribution >= 4 is 29.7 Å². The summed E-state index contributed by atoms with van der Waals surface area (Å²) in [7, 11) is 0. The van der Waals surface area contributed by atoms with Crippen molar-refractivity contribution in [2.24, 2.45) is 11.7 Å². The number of nitrogens with two attached hydrogens (primary N) is 1. The summed E-state index contributed by atoms with van der Waals surface area (Å²) in [5.74, 6) is 0.0915. The standard InChI is InChI=1S/C24H31N3O4S/c1-17(2)13-20(22(25)28)26-23(29)21(16-32-15-19-11-7-4-8-12-19)27-24(30)31-14-18-9-5-3-6-10-18/h3-12,17,20-21H,13-16H2,1-2H3,(H2,25,28)(H,26,29)(H,27,30)/t20-,21+/m0/s1. The Bertz CT molecular complexity index is 862. The van der Waals surface area contributed by atoms with Gasteiger partial charge in [0.1, 0.15) is 18.7 Å². The zero-order valence-corrected chi connectivity index (χ0v) is 19.3. The maximum Gasteiger partial charge on any atom is 0.408 e. The minimum absolute atomic E-state index is 0.0927. The molecule has 2 rings (SSSR count). The number of hydrogen-bond acceptors (Lipinski definition) is 5. The first-order chi connectivity index (χ1) is 15.3. The number of nitrogens with one attached hydrogen (secondary N) is 2. The van der Waals surface area contributed by atoms with Crippen LogP contribution in [0.5, 0.6) is 0 Å². The number of hydrogen-bond donors (Lipinski definition) is 3. The average molecular weight is 458 g/mol. The van der Waals surface area contributed by atoms with Gasteiger partial charge in [-0.25, -0.2) is 4.79 Å². The number of benzene rings is 2. The van der Waals surface area contributed by atoms with E-state index in [9.17, 15) is 14.4 Å². The predicted molar refractivity (Wildman–Crippen MR) is 127 cm³/mol. The fourth-order valence-electron chi connectivity index (χ4n) is 2.95. The molecule has 172 valence electrons. The highest BCUT2D eigenvalue weighted by Gasteiger charge is 2.26. The van der Waals surface area contributed by atoms with Crippen molar-refractivity contribution in [2.45, 2.75) is 44.7 Å². The lowest BCUT2D eigenvalue weighted by Gasteiger charge is -2.22. The van der Waals surface area contributed by atoms with Crippen LogP contribution in [0.15, 0.2) is 60.7 Å². The molecule has 0 unspecified atom stereocenters. The normalized spacial score (nSPS) is 12.6. The van der Waals surface area contributed by atoms with Gasteiger partial charge in [-0.1, -0.05) is 74.5 Å². The van der Waals surface area contributed by atoms with Gasteiger partial charge in [0.25, 0.3) is 0 Å². The summed E-state index contributed by atoms with van der Waals surface area (Å²) in [6.45, 7) is 3.97. The van der Waals surface area contributed by atoms with Crippen LogP contribution in [0.4, 0.5) is 4.79 Å². The van der Waals surface area contributed by atoms with Gasteiger partial charge in [-0.3, -0.25) is 9.59 Å². The van der Waals surface area contributed by atoms with Gasteiger partial charge in [-0.15, -0.1) is 0 Å². The number of carbonyl (C=O) groups is 3. The molecule has 0 aliphatic heterocycles. The second-order valence-electron chi connectivity index (χ2n) is 7.85. The minimum atomic E-state index is -0.874. The minimum Gasteiger partial charge on any atom is -0.445 e. The van der Waals surface area contributed by atoms with Crippen LogP contribution < -0.4 is 16.4 Å². The summed E-state index contributed by atoms with van der Waals surface area (Å²) in [5.41, 5.74) is 7.40. The fraction of sp³-hybridized carbons (Fsp3) is 0.375. The monoisotopic (exact) mass is 457 g/mol. The third kappa shape index (κ3) is 9.43. The molecule has 0 bridgehead atoms. The Morgan fingerprint density at radius 2 is 1.50 bits per heavy atom. The molecule has 0 aliphatic rings. The molecule has 2 aromatic carbocycles. The van der Waals surface area contributed by atoms with E-state index in [1.807, 2.05) is 74.5 Å². The second-order valence-corrected chi connectivity index (χ2v) is 8.88. The van der Waals surface area contributed by atoms with E-state index >= 15 is 0 Å². The summed E-state index contributed by atoms with van der Waals surface area (Å²) in [6, 6.07) is 17.4. The molecule has 0 fully saturated rings. The Morgan fingerprint density at radius 1 is 0.906 bits per heavy atom. The molecule has 8 heteroatoms. The van der Waals surface area contributed by atoms with E-state index in [1.165, 1.54) is 11.8 Å². The van der Waals surface area contributed by atoms with E-state index in [4.69, 9.17) is 10.5 Å². The Labute approximate surface area is 193 Å². The first-order valence-corrected chi connectivity index (χ1v) is 11.7. The Kier molecular flexibility index (Phi) is 10.6. The molecule has 32 heavy (non-hydrogen) atoms. The number of ether oxygens (including phenoxy) is 1. The molecular weight excluding hydrogens is 426 g/mol. The molecule has 3 amide bonds. The average Bonchev–Trinajstić information content (AvgIpc) is 2.77. The SMILES string of the molecule is CC(C)C[C@H](NC(=O)[C@@H](CSCc1ccccc1)NC(=O)OCc1ccccc1)C(N)=O. The van der Waals surface area contributed by atoms with Crippen molar-refractivity contribution in [3.63, 3.8) is 0 Å². The van der Waals surface area contributed by atoms with E-state index in [-0.39, 0.29) is 12.5 Å². The third-order valence-corrected chi connectivity index (χ3v) is 5.69. The molecule has 0 saturated carbocycles. The first kappa shape index (κ1) is 25.3. The molecule has 0 saturated heterocycles. The molecule has 2 atom stereocenters. The van der Waals surface area contributed by atoms with Crippen LogP contribution in [0.3, 0.4) is 0 Å². The van der Waals surface area contributed by atoms with Crippen molar-refractivity contribution < 1.29 is 19.1 Å². The van der Waals surface area contributed by atoms with Crippen molar-refractivity contribution in [3.05, 3.63) is 71.8 Å². The van der Waals surface area contributed by atoms with E-state index in [1.54, 1.807) is 0 Å². The van der Waals surface area contributed by atoms with E-state index in [0.29, 0.717) is 17.9 Å². The van der Waals surface area contributed by atoms with Crippen LogP contribution in [0.1, 0.15) is 31.4 Å². The fourth-order valence-corrected chi connectivity index (χ4v) is 3.97. The summed E-state index contributed by atoms with van der Waals surface area (Å²) < 4.78 is 5.26. The predicted octanol–water partition coefficient (Wildman–Crippen LogP) is 3.23. The van der Waals surface area contributed by atoms with Crippen LogP contribution >= 0.6 is 11.8 Å². The molecule has 0 radical (unpaired) electrons. The molecule has 0 aliphatic carbocycles. The molecule has 0 aromatic heterocycles. The molecule has 7 nitrogen and oxygen atoms in total. The summed E-state index contributed by atoms with van der Waals surface area (Å²) >= 11 is 1.50. The van der Waals surface area contributed by atoms with Gasteiger partial charge in [-0.2, -0.15) is 11.8 Å². The highest BCUT2D eigenvalue weighted by molar-refractivity contribution is 7.98. The lowest BCUT2D eigenvalue weighted by atomic mass is 10.0. The Hall–Kier alpha value is -3.00. The number of alkyl carbamates (subject to hydrolysis) is 1. The first-order valence-electron chi connectivity index (χ1n) is 10.5. The van der Waals surface area contributed by atoms with Crippen molar-refractivity contribution in [2.75, 3.05) is 5.75 Å². The van der Waals surface area contributed by atoms with Crippen LogP contribution in [0.2, 0.25) is 0 Å². The number of carbonyl (C=O) groups excluding carboxylic acids is 3. The Morgan fingerprint density at radius 3 is 2.06 bits per heavy atom. The molecule has 2 aromatic rings. The largest absolute Gasteiger partial charge is 0.445 e. The van der Waals surface area contributed by atoms with Gasteiger partial charge in [0.2, 0.25) is 11.8 Å². The maximum absolute atomic E-state index is 12.9. The van der Waals surface area contributed by atoms with Gasteiger partial charge in [0.05, 0.1) is 0 Å². The third-order valence-electron chi connectivity index (χ3n) is 4.58. The molecule has 4 N–H and O–H groups in total. The zero-order chi connectivity index (χ0) is 23.3. The van der Waals surface area contributed by atoms with E-state index in [2.05, 4.69) is 10.6 Å². The lowest BCUT2D eigenvalue weighted by Crippen LogP contribution is -2.54. The number of amides is 3. The van der Waals surface area contributed by atoms with Gasteiger partial charge in [0.15, 0.2) is 0 Å². The highest BCUT2D eigenvalue weighted by Crippen LogP contribution is 2.14. The highest BCUT2D eigenvalue weighted by atomic mass is 32.2. The molecule has 0 heterocycles. The van der Waals surface area contributed by atoms with Crippen LogP contribution in [0.25, 0.3) is 0 Å². The summed E-state index contributed by atoms with van der Waals surface area (Å²) in [4.78, 5) is 37.0. The smallest absolute Gasteiger partial charge is 0.408 e. The summed E-state index contributed by atoms with van der Waals surface area (Å²) in [6.07, 6.45) is -0.280.